The van der Waals surface area contributed by atoms with Crippen molar-refractivity contribution in [1.82, 2.24) is 10.6 Å². The van der Waals surface area contributed by atoms with Crippen LogP contribution >= 0.6 is 69.6 Å². The summed E-state index contributed by atoms with van der Waals surface area (Å²) in [6.45, 7) is 2.27. The minimum atomic E-state index is -1.75. The predicted octanol–water partition coefficient (Wildman–Crippen LogP) is 9.65. The first-order valence-corrected chi connectivity index (χ1v) is 16.0. The van der Waals surface area contributed by atoms with E-state index in [9.17, 15) is 4.79 Å². The summed E-state index contributed by atoms with van der Waals surface area (Å²) in [5.74, 6) is -0.161. The fraction of sp³-hybridized carbons (Fsp3) is 0.704. The highest BCUT2D eigenvalue weighted by molar-refractivity contribution is 14.1. The summed E-state index contributed by atoms with van der Waals surface area (Å²) in [5.41, 5.74) is 0.836. The van der Waals surface area contributed by atoms with Crippen LogP contribution < -0.4 is 16.0 Å². The first kappa shape index (κ1) is 34.0. The summed E-state index contributed by atoms with van der Waals surface area (Å²) in [7, 11) is 0. The Bertz CT molecular complexity index is 749. The van der Waals surface area contributed by atoms with Gasteiger partial charge < -0.3 is 16.0 Å². The fourth-order valence-corrected chi connectivity index (χ4v) is 5.02. The van der Waals surface area contributed by atoms with Crippen LogP contribution in [0.25, 0.3) is 0 Å². The maximum atomic E-state index is 12.4. The van der Waals surface area contributed by atoms with Crippen LogP contribution in [0.1, 0.15) is 110 Å². The Balaban J connectivity index is 2.12. The molecule has 9 heteroatoms. The number of halogens is 4. The molecular weight excluding hydrogens is 648 g/mol. The Morgan fingerprint density at radius 3 is 1.78 bits per heavy atom. The molecule has 1 atom stereocenters. The van der Waals surface area contributed by atoms with E-state index in [1.54, 1.807) is 0 Å². The minimum Gasteiger partial charge on any atom is -0.339 e. The van der Waals surface area contributed by atoms with E-state index in [4.69, 9.17) is 47.0 Å². The Morgan fingerprint density at radius 1 is 0.833 bits per heavy atom. The number of anilines is 1. The van der Waals surface area contributed by atoms with E-state index < -0.39 is 9.96 Å². The average Bonchev–Trinajstić information content (AvgIpc) is 2.82. The van der Waals surface area contributed by atoms with Crippen molar-refractivity contribution in [2.24, 2.45) is 0 Å². The molecule has 0 saturated carbocycles. The van der Waals surface area contributed by atoms with Crippen molar-refractivity contribution in [2.45, 2.75) is 120 Å². The lowest BCUT2D eigenvalue weighted by Crippen LogP contribution is -2.56. The smallest absolute Gasteiger partial charge is 0.228 e. The molecule has 1 rings (SSSR count). The van der Waals surface area contributed by atoms with E-state index >= 15 is 0 Å². The molecule has 0 spiro atoms. The van der Waals surface area contributed by atoms with Crippen LogP contribution in [0.2, 0.25) is 0 Å². The summed E-state index contributed by atoms with van der Waals surface area (Å²) in [5, 5.41) is 9.01. The van der Waals surface area contributed by atoms with E-state index in [1.807, 2.05) is 24.3 Å². The third-order valence-electron chi connectivity index (χ3n) is 6.04. The van der Waals surface area contributed by atoms with Crippen LogP contribution in [-0.4, -0.2) is 21.0 Å². The van der Waals surface area contributed by atoms with Gasteiger partial charge in [0.15, 0.2) is 5.11 Å². The minimum absolute atomic E-state index is 0.161. The number of benzene rings is 1. The Hall–Kier alpha value is -0.0200. The molecule has 4 nitrogen and oxygen atoms in total. The van der Waals surface area contributed by atoms with Crippen LogP contribution in [0.4, 0.5) is 5.69 Å². The van der Waals surface area contributed by atoms with E-state index in [0.717, 1.165) is 28.5 Å². The van der Waals surface area contributed by atoms with Crippen molar-refractivity contribution in [3.63, 3.8) is 0 Å². The summed E-state index contributed by atoms with van der Waals surface area (Å²) in [6, 6.07) is 7.69. The van der Waals surface area contributed by atoms with E-state index in [2.05, 4.69) is 45.5 Å². The second-order valence-electron chi connectivity index (χ2n) is 9.32. The topological polar surface area (TPSA) is 53.2 Å². The molecule has 1 amide bonds. The predicted molar refractivity (Wildman–Crippen MR) is 170 cm³/mol. The van der Waals surface area contributed by atoms with Crippen LogP contribution in [0.5, 0.6) is 0 Å². The van der Waals surface area contributed by atoms with Gasteiger partial charge in [0.05, 0.1) is 5.69 Å². The summed E-state index contributed by atoms with van der Waals surface area (Å²) in [6.07, 6.45) is 18.7. The number of nitrogens with one attached hydrogen (secondary N) is 3. The molecule has 0 aliphatic heterocycles. The summed E-state index contributed by atoms with van der Waals surface area (Å²) < 4.78 is -0.748. The van der Waals surface area contributed by atoms with Gasteiger partial charge in [0.2, 0.25) is 9.70 Å². The van der Waals surface area contributed by atoms with Gasteiger partial charge in [0.25, 0.3) is 0 Å². The number of carbonyl (C=O) groups excluding carboxylic acids is 1. The Labute approximate surface area is 252 Å². The van der Waals surface area contributed by atoms with Crippen molar-refractivity contribution < 1.29 is 4.79 Å². The van der Waals surface area contributed by atoms with Crippen LogP contribution in [0.3, 0.4) is 0 Å². The number of thiocarbonyl (C=S) groups is 1. The van der Waals surface area contributed by atoms with Crippen LogP contribution in [-0.2, 0) is 4.79 Å². The van der Waals surface area contributed by atoms with Crippen LogP contribution in [0.15, 0.2) is 24.3 Å². The number of rotatable bonds is 19. The second kappa shape index (κ2) is 20.9. The quantitative estimate of drug-likeness (QED) is 0.0445. The lowest BCUT2D eigenvalue weighted by Gasteiger charge is -2.28. The maximum absolute atomic E-state index is 12.4. The summed E-state index contributed by atoms with van der Waals surface area (Å²) >= 11 is 25.8. The van der Waals surface area contributed by atoms with Gasteiger partial charge in [-0.2, -0.15) is 0 Å². The highest BCUT2D eigenvalue weighted by atomic mass is 127. The van der Waals surface area contributed by atoms with Gasteiger partial charge in [-0.15, -0.1) is 0 Å². The molecule has 0 unspecified atom stereocenters. The Kier molecular flexibility index (Phi) is 19.7. The number of alkyl halides is 3. The molecular formula is C27H43Cl3IN3OS. The number of unbranched alkanes of at least 4 members (excludes halogenated alkanes) is 14. The third-order valence-corrected chi connectivity index (χ3v) is 7.85. The normalized spacial score (nSPS) is 12.2. The third kappa shape index (κ3) is 17.5. The molecule has 0 bridgehead atoms. The van der Waals surface area contributed by atoms with Gasteiger partial charge in [0, 0.05) is 9.99 Å². The number of para-hydroxylation sites is 1. The van der Waals surface area contributed by atoms with E-state index in [-0.39, 0.29) is 11.0 Å². The maximum Gasteiger partial charge on any atom is 0.228 e. The number of hydrogen-bond acceptors (Lipinski definition) is 2. The van der Waals surface area contributed by atoms with Crippen LogP contribution in [0, 0.1) is 3.57 Å². The highest BCUT2D eigenvalue weighted by Crippen LogP contribution is 2.29. The largest absolute Gasteiger partial charge is 0.339 e. The van der Waals surface area contributed by atoms with E-state index in [1.165, 1.54) is 77.0 Å². The molecule has 0 aliphatic carbocycles. The zero-order valence-corrected chi connectivity index (χ0v) is 26.8. The van der Waals surface area contributed by atoms with Crippen molar-refractivity contribution in [3.05, 3.63) is 27.8 Å². The molecule has 3 N–H and O–H groups in total. The number of carbonyl (C=O) groups is 1. The highest BCUT2D eigenvalue weighted by Gasteiger charge is 2.34. The Morgan fingerprint density at radius 2 is 1.31 bits per heavy atom. The molecule has 0 saturated heterocycles. The molecule has 0 aliphatic rings. The lowest BCUT2D eigenvalue weighted by atomic mass is 10.0. The van der Waals surface area contributed by atoms with Gasteiger partial charge in [-0.05, 0) is 53.4 Å². The molecule has 1 aromatic rings. The number of amides is 1. The number of hydrogen-bond donors (Lipinski definition) is 3. The molecule has 0 fully saturated rings. The van der Waals surface area contributed by atoms with Gasteiger partial charge in [0.1, 0.15) is 6.17 Å². The second-order valence-corrected chi connectivity index (χ2v) is 13.3. The molecule has 0 heterocycles. The zero-order chi connectivity index (χ0) is 26.7. The molecule has 1 aromatic carbocycles. The van der Waals surface area contributed by atoms with Gasteiger partial charge in [-0.3, -0.25) is 4.79 Å². The average molecular weight is 691 g/mol. The van der Waals surface area contributed by atoms with Gasteiger partial charge >= 0.3 is 0 Å². The zero-order valence-electron chi connectivity index (χ0n) is 21.5. The lowest BCUT2D eigenvalue weighted by molar-refractivity contribution is -0.122. The molecule has 0 radical (unpaired) electrons. The SMILES string of the molecule is CCCCCCCCCCCCCCCCCC(=O)N[C@H](NC(=S)Nc1ccccc1I)C(Cl)(Cl)Cl. The van der Waals surface area contributed by atoms with E-state index in [0.29, 0.717) is 6.42 Å². The standard InChI is InChI=1S/C27H43Cl3IN3OS/c1-2-3-4-5-6-7-8-9-10-11-12-13-14-15-16-21-24(35)33-25(27(28,29)30)34-26(36)32-23-20-18-17-19-22(23)31/h17-20,25H,2-16,21H2,1H3,(H,33,35)(H2,32,34,36)/t25-/m1/s1. The summed E-state index contributed by atoms with van der Waals surface area (Å²) in [4.78, 5) is 12.4. The van der Waals surface area contributed by atoms with Crippen molar-refractivity contribution >= 4 is 86.3 Å². The first-order chi connectivity index (χ1) is 17.2. The van der Waals surface area contributed by atoms with Gasteiger partial charge in [-0.25, -0.2) is 0 Å². The molecule has 36 heavy (non-hydrogen) atoms. The first-order valence-electron chi connectivity index (χ1n) is 13.4. The van der Waals surface area contributed by atoms with Gasteiger partial charge in [-0.1, -0.05) is 144 Å². The van der Waals surface area contributed by atoms with Crippen molar-refractivity contribution in [3.8, 4) is 0 Å². The molecule has 0 aromatic heterocycles. The van der Waals surface area contributed by atoms with Crippen molar-refractivity contribution in [2.75, 3.05) is 5.32 Å². The fourth-order valence-electron chi connectivity index (χ4n) is 3.94. The van der Waals surface area contributed by atoms with Crippen molar-refractivity contribution in [1.29, 1.82) is 0 Å². The monoisotopic (exact) mass is 689 g/mol. The molecule has 206 valence electrons.